The molecule has 0 heterocycles. The predicted octanol–water partition coefficient (Wildman–Crippen LogP) is 3.26. The number of rotatable bonds is 4. The molecule has 1 aromatic rings. The summed E-state index contributed by atoms with van der Waals surface area (Å²) in [4.78, 5) is 24.2. The van der Waals surface area contributed by atoms with Crippen LogP contribution in [0.4, 0.5) is 5.69 Å². The first-order valence-corrected chi connectivity index (χ1v) is 8.88. The maximum absolute atomic E-state index is 12.9. The van der Waals surface area contributed by atoms with E-state index in [4.69, 9.17) is 0 Å². The van der Waals surface area contributed by atoms with Crippen molar-refractivity contribution >= 4 is 17.5 Å². The Morgan fingerprint density at radius 2 is 1.96 bits per heavy atom. The van der Waals surface area contributed by atoms with Gasteiger partial charge in [-0.1, -0.05) is 26.8 Å². The van der Waals surface area contributed by atoms with Crippen molar-refractivity contribution in [2.24, 2.45) is 11.3 Å². The zero-order chi connectivity index (χ0) is 18.8. The van der Waals surface area contributed by atoms with Gasteiger partial charge in [0.05, 0.1) is 12.1 Å². The molecule has 25 heavy (non-hydrogen) atoms. The molecule has 2 amide bonds. The molecule has 5 heteroatoms. The summed E-state index contributed by atoms with van der Waals surface area (Å²) < 4.78 is 0. The van der Waals surface area contributed by atoms with Gasteiger partial charge >= 0.3 is 0 Å². The van der Waals surface area contributed by atoms with Crippen molar-refractivity contribution in [3.63, 3.8) is 0 Å². The molecule has 1 saturated carbocycles. The van der Waals surface area contributed by atoms with E-state index in [1.165, 1.54) is 6.92 Å². The average Bonchev–Trinajstić information content (AvgIpc) is 2.46. The third kappa shape index (κ3) is 4.60. The summed E-state index contributed by atoms with van der Waals surface area (Å²) in [5.74, 6) is 0.0574. The lowest BCUT2D eigenvalue weighted by molar-refractivity contribution is -0.114. The van der Waals surface area contributed by atoms with Crippen LogP contribution in [-0.2, 0) is 4.79 Å². The standard InChI is InChI=1S/C20H30N2O3/c1-13-9-19(4,5)11-20(10-13,12-23)22-18(25)16-7-6-8-17(14(16)2)21-15(3)24/h6-8,13,23H,9-12H2,1-5H3,(H,21,24)(H,22,25)/t13-,20+/m0/s1. The fraction of sp³-hybridized carbons (Fsp3) is 0.600. The van der Waals surface area contributed by atoms with Crippen LogP contribution < -0.4 is 10.6 Å². The number of amides is 2. The van der Waals surface area contributed by atoms with E-state index in [-0.39, 0.29) is 23.8 Å². The van der Waals surface area contributed by atoms with Crippen LogP contribution in [0.2, 0.25) is 0 Å². The highest BCUT2D eigenvalue weighted by molar-refractivity contribution is 5.99. The molecule has 0 bridgehead atoms. The van der Waals surface area contributed by atoms with Gasteiger partial charge in [-0.3, -0.25) is 9.59 Å². The van der Waals surface area contributed by atoms with Crippen molar-refractivity contribution in [3.05, 3.63) is 29.3 Å². The van der Waals surface area contributed by atoms with E-state index < -0.39 is 5.54 Å². The third-order valence-electron chi connectivity index (χ3n) is 5.03. The molecule has 5 nitrogen and oxygen atoms in total. The van der Waals surface area contributed by atoms with Gasteiger partial charge in [0, 0.05) is 18.2 Å². The Balaban J connectivity index is 2.27. The van der Waals surface area contributed by atoms with E-state index >= 15 is 0 Å². The number of benzene rings is 1. The fourth-order valence-electron chi connectivity index (χ4n) is 4.51. The van der Waals surface area contributed by atoms with E-state index in [2.05, 4.69) is 31.4 Å². The van der Waals surface area contributed by atoms with Gasteiger partial charge in [-0.25, -0.2) is 0 Å². The molecule has 1 fully saturated rings. The summed E-state index contributed by atoms with van der Waals surface area (Å²) in [7, 11) is 0. The van der Waals surface area contributed by atoms with Gasteiger partial charge in [0.25, 0.3) is 5.91 Å². The smallest absolute Gasteiger partial charge is 0.252 e. The number of carbonyl (C=O) groups excluding carboxylic acids is 2. The van der Waals surface area contributed by atoms with E-state index in [0.29, 0.717) is 17.2 Å². The summed E-state index contributed by atoms with van der Waals surface area (Å²) in [6.07, 6.45) is 2.60. The highest BCUT2D eigenvalue weighted by Gasteiger charge is 2.43. The Hall–Kier alpha value is -1.88. The number of anilines is 1. The minimum absolute atomic E-state index is 0.0702. The molecule has 2 atom stereocenters. The van der Waals surface area contributed by atoms with E-state index in [9.17, 15) is 14.7 Å². The summed E-state index contributed by atoms with van der Waals surface area (Å²) in [5.41, 5.74) is 1.35. The van der Waals surface area contributed by atoms with Crippen LogP contribution in [0.15, 0.2) is 18.2 Å². The number of nitrogens with one attached hydrogen (secondary N) is 2. The molecule has 0 saturated heterocycles. The van der Waals surface area contributed by atoms with Gasteiger partial charge < -0.3 is 15.7 Å². The number of aliphatic hydroxyl groups is 1. The number of hydrogen-bond donors (Lipinski definition) is 3. The van der Waals surface area contributed by atoms with Crippen LogP contribution in [0.25, 0.3) is 0 Å². The van der Waals surface area contributed by atoms with E-state index in [1.807, 2.05) is 6.92 Å². The Bertz CT molecular complexity index is 669. The molecule has 1 aliphatic carbocycles. The molecule has 138 valence electrons. The highest BCUT2D eigenvalue weighted by Crippen LogP contribution is 2.43. The number of hydrogen-bond acceptors (Lipinski definition) is 3. The molecule has 1 aromatic carbocycles. The number of aliphatic hydroxyl groups excluding tert-OH is 1. The van der Waals surface area contributed by atoms with Crippen LogP contribution >= 0.6 is 0 Å². The molecule has 0 aromatic heterocycles. The predicted molar refractivity (Wildman–Crippen MR) is 99.6 cm³/mol. The van der Waals surface area contributed by atoms with Crippen LogP contribution in [0.5, 0.6) is 0 Å². The molecular weight excluding hydrogens is 316 g/mol. The number of carbonyl (C=O) groups is 2. The lowest BCUT2D eigenvalue weighted by atomic mass is 9.64. The maximum Gasteiger partial charge on any atom is 0.252 e. The van der Waals surface area contributed by atoms with Crippen molar-refractivity contribution in [1.29, 1.82) is 0 Å². The Morgan fingerprint density at radius 3 is 2.52 bits per heavy atom. The second-order valence-corrected chi connectivity index (χ2v) is 8.41. The zero-order valence-corrected chi connectivity index (χ0v) is 15.9. The lowest BCUT2D eigenvalue weighted by Gasteiger charge is -2.47. The minimum Gasteiger partial charge on any atom is -0.394 e. The van der Waals surface area contributed by atoms with Crippen LogP contribution in [0.3, 0.4) is 0 Å². The van der Waals surface area contributed by atoms with E-state index in [0.717, 1.165) is 24.8 Å². The van der Waals surface area contributed by atoms with Gasteiger partial charge in [0.2, 0.25) is 5.91 Å². The molecule has 0 radical (unpaired) electrons. The lowest BCUT2D eigenvalue weighted by Crippen LogP contribution is -2.57. The average molecular weight is 346 g/mol. The second-order valence-electron chi connectivity index (χ2n) is 8.41. The molecule has 1 aliphatic rings. The van der Waals surface area contributed by atoms with Crippen molar-refractivity contribution in [1.82, 2.24) is 5.32 Å². The first-order chi connectivity index (χ1) is 11.6. The second kappa shape index (κ2) is 7.16. The summed E-state index contributed by atoms with van der Waals surface area (Å²) >= 11 is 0. The van der Waals surface area contributed by atoms with Gasteiger partial charge in [0.1, 0.15) is 0 Å². The van der Waals surface area contributed by atoms with Crippen LogP contribution in [-0.4, -0.2) is 29.1 Å². The summed E-state index contributed by atoms with van der Waals surface area (Å²) in [5, 5.41) is 15.9. The van der Waals surface area contributed by atoms with Gasteiger partial charge in [0.15, 0.2) is 0 Å². The third-order valence-corrected chi connectivity index (χ3v) is 5.03. The molecule has 0 unspecified atom stereocenters. The van der Waals surface area contributed by atoms with Crippen molar-refractivity contribution < 1.29 is 14.7 Å². The van der Waals surface area contributed by atoms with Gasteiger partial charge in [-0.2, -0.15) is 0 Å². The molecule has 0 spiro atoms. The highest BCUT2D eigenvalue weighted by atomic mass is 16.3. The normalized spacial score (nSPS) is 25.3. The van der Waals surface area contributed by atoms with Crippen LogP contribution in [0.1, 0.15) is 62.9 Å². The Kier molecular flexibility index (Phi) is 5.57. The quantitative estimate of drug-likeness (QED) is 0.783. The largest absolute Gasteiger partial charge is 0.394 e. The van der Waals surface area contributed by atoms with Crippen molar-refractivity contribution in [3.8, 4) is 0 Å². The Morgan fingerprint density at radius 1 is 1.28 bits per heavy atom. The van der Waals surface area contributed by atoms with Crippen LogP contribution in [0, 0.1) is 18.3 Å². The van der Waals surface area contributed by atoms with Gasteiger partial charge in [-0.05, 0) is 55.2 Å². The minimum atomic E-state index is -0.602. The topological polar surface area (TPSA) is 78.4 Å². The monoisotopic (exact) mass is 346 g/mol. The molecule has 2 rings (SSSR count). The van der Waals surface area contributed by atoms with E-state index in [1.54, 1.807) is 18.2 Å². The summed E-state index contributed by atoms with van der Waals surface area (Å²) in [6.45, 7) is 9.72. The first-order valence-electron chi connectivity index (χ1n) is 8.88. The SMILES string of the molecule is CC(=O)Nc1cccc(C(=O)N[C@]2(CO)C[C@@H](C)CC(C)(C)C2)c1C. The Labute approximate surface area is 150 Å². The molecular formula is C20H30N2O3. The first kappa shape index (κ1) is 19.4. The zero-order valence-electron chi connectivity index (χ0n) is 15.9. The maximum atomic E-state index is 12.9. The van der Waals surface area contributed by atoms with Crippen molar-refractivity contribution in [2.75, 3.05) is 11.9 Å². The van der Waals surface area contributed by atoms with Gasteiger partial charge in [-0.15, -0.1) is 0 Å². The molecule has 0 aliphatic heterocycles. The fourth-order valence-corrected chi connectivity index (χ4v) is 4.51. The summed E-state index contributed by atoms with van der Waals surface area (Å²) in [6, 6.07) is 5.28. The van der Waals surface area contributed by atoms with Crippen molar-refractivity contribution in [2.45, 2.75) is 59.4 Å². The molecule has 3 N–H and O–H groups in total.